The summed E-state index contributed by atoms with van der Waals surface area (Å²) >= 11 is 7.48. The lowest BCUT2D eigenvalue weighted by molar-refractivity contribution is 0.0603. The molecule has 0 saturated heterocycles. The molecule has 5 nitrogen and oxygen atoms in total. The van der Waals surface area contributed by atoms with Crippen LogP contribution >= 0.6 is 22.9 Å². The van der Waals surface area contributed by atoms with E-state index in [-0.39, 0.29) is 11.5 Å². The maximum absolute atomic E-state index is 12.4. The van der Waals surface area contributed by atoms with Gasteiger partial charge < -0.3 is 10.1 Å². The predicted molar refractivity (Wildman–Crippen MR) is 98.3 cm³/mol. The molecular weight excluding hydrogens is 360 g/mol. The third-order valence-electron chi connectivity index (χ3n) is 3.50. The Hall–Kier alpha value is -2.70. The van der Waals surface area contributed by atoms with Crippen LogP contribution in [-0.2, 0) is 4.74 Å². The number of pyridine rings is 1. The Morgan fingerprint density at radius 2 is 1.96 bits per heavy atom. The predicted octanol–water partition coefficient (Wildman–Crippen LogP) is 4.50. The van der Waals surface area contributed by atoms with E-state index in [1.165, 1.54) is 24.6 Å². The van der Waals surface area contributed by atoms with Crippen molar-refractivity contribution in [2.75, 3.05) is 12.4 Å². The first-order valence-electron chi connectivity index (χ1n) is 7.28. The summed E-state index contributed by atoms with van der Waals surface area (Å²) in [6.45, 7) is 0. The van der Waals surface area contributed by atoms with E-state index >= 15 is 0 Å². The van der Waals surface area contributed by atoms with Crippen LogP contribution in [0.1, 0.15) is 20.7 Å². The number of nitrogens with one attached hydrogen (secondary N) is 1. The number of amides is 1. The maximum Gasteiger partial charge on any atom is 0.341 e. The number of nitrogens with zero attached hydrogens (tertiary/aromatic N) is 1. The Morgan fingerprint density at radius 1 is 1.16 bits per heavy atom. The van der Waals surface area contributed by atoms with Crippen LogP contribution in [-0.4, -0.2) is 24.0 Å². The number of methoxy groups -OCH3 is 1. The monoisotopic (exact) mass is 372 g/mol. The third kappa shape index (κ3) is 3.55. The molecular formula is C18H13ClN2O3S. The van der Waals surface area contributed by atoms with Crippen LogP contribution in [0.25, 0.3) is 11.1 Å². The summed E-state index contributed by atoms with van der Waals surface area (Å²) in [5, 5.41) is 5.43. The SMILES string of the molecule is COC(=O)c1c(-c2ccccc2Cl)csc1NC(=O)c1cccnc1. The van der Waals surface area contributed by atoms with Crippen molar-refractivity contribution in [1.29, 1.82) is 0 Å². The van der Waals surface area contributed by atoms with Crippen LogP contribution in [0.15, 0.2) is 54.2 Å². The number of carbonyl (C=O) groups is 2. The van der Waals surface area contributed by atoms with Crippen LogP contribution in [0.4, 0.5) is 5.00 Å². The van der Waals surface area contributed by atoms with E-state index < -0.39 is 5.97 Å². The molecule has 2 heterocycles. The van der Waals surface area contributed by atoms with Crippen LogP contribution in [0.3, 0.4) is 0 Å². The summed E-state index contributed by atoms with van der Waals surface area (Å²) in [5.74, 6) is -0.900. The van der Waals surface area contributed by atoms with Gasteiger partial charge in [0.05, 0.1) is 12.7 Å². The highest BCUT2D eigenvalue weighted by atomic mass is 35.5. The molecule has 0 aliphatic rings. The fourth-order valence-corrected chi connectivity index (χ4v) is 3.49. The first-order chi connectivity index (χ1) is 12.1. The minimum atomic E-state index is -0.544. The van der Waals surface area contributed by atoms with Crippen molar-refractivity contribution >= 4 is 39.8 Å². The number of hydrogen-bond donors (Lipinski definition) is 1. The van der Waals surface area contributed by atoms with Gasteiger partial charge in [-0.2, -0.15) is 0 Å². The van der Waals surface area contributed by atoms with Gasteiger partial charge in [0.2, 0.25) is 0 Å². The van der Waals surface area contributed by atoms with Gasteiger partial charge in [-0.1, -0.05) is 29.8 Å². The number of carbonyl (C=O) groups excluding carboxylic acids is 2. The number of halogens is 1. The van der Waals surface area contributed by atoms with E-state index in [4.69, 9.17) is 16.3 Å². The smallest absolute Gasteiger partial charge is 0.341 e. The molecule has 0 aliphatic heterocycles. The Balaban J connectivity index is 2.02. The van der Waals surface area contributed by atoms with E-state index in [0.717, 1.165) is 0 Å². The summed E-state index contributed by atoms with van der Waals surface area (Å²) in [7, 11) is 1.29. The Bertz CT molecular complexity index is 925. The van der Waals surface area contributed by atoms with Crippen molar-refractivity contribution in [2.45, 2.75) is 0 Å². The van der Waals surface area contributed by atoms with Gasteiger partial charge in [-0.25, -0.2) is 4.79 Å². The average molecular weight is 373 g/mol. The lowest BCUT2D eigenvalue weighted by atomic mass is 10.0. The minimum absolute atomic E-state index is 0.276. The molecule has 126 valence electrons. The van der Waals surface area contributed by atoms with E-state index in [1.807, 2.05) is 12.1 Å². The second-order valence-corrected chi connectivity index (χ2v) is 6.31. The number of hydrogen-bond acceptors (Lipinski definition) is 5. The van der Waals surface area contributed by atoms with Gasteiger partial charge in [-0.3, -0.25) is 9.78 Å². The molecule has 1 amide bonds. The van der Waals surface area contributed by atoms with Crippen LogP contribution in [0.2, 0.25) is 5.02 Å². The zero-order valence-corrected chi connectivity index (χ0v) is 14.7. The molecule has 3 aromatic rings. The number of benzene rings is 1. The first kappa shape index (κ1) is 17.1. The summed E-state index contributed by atoms with van der Waals surface area (Å²) in [4.78, 5) is 28.6. The molecule has 0 radical (unpaired) electrons. The van der Waals surface area contributed by atoms with Gasteiger partial charge in [0.1, 0.15) is 10.6 Å². The summed E-state index contributed by atoms with van der Waals surface area (Å²) in [6.07, 6.45) is 3.03. The third-order valence-corrected chi connectivity index (χ3v) is 4.72. The highest BCUT2D eigenvalue weighted by molar-refractivity contribution is 7.15. The number of anilines is 1. The molecule has 1 aromatic carbocycles. The van der Waals surface area contributed by atoms with E-state index in [2.05, 4.69) is 10.3 Å². The van der Waals surface area contributed by atoms with Crippen LogP contribution in [0, 0.1) is 0 Å². The molecule has 0 saturated carbocycles. The van der Waals surface area contributed by atoms with Gasteiger partial charge in [0.25, 0.3) is 5.91 Å². The average Bonchev–Trinajstić information content (AvgIpc) is 3.05. The van der Waals surface area contributed by atoms with Crippen LogP contribution < -0.4 is 5.32 Å². The zero-order chi connectivity index (χ0) is 17.8. The van der Waals surface area contributed by atoms with Crippen LogP contribution in [0.5, 0.6) is 0 Å². The van der Waals surface area contributed by atoms with Crippen molar-refractivity contribution in [1.82, 2.24) is 4.98 Å². The highest BCUT2D eigenvalue weighted by Crippen LogP contribution is 2.39. The molecule has 0 unspecified atom stereocenters. The van der Waals surface area contributed by atoms with E-state index in [1.54, 1.807) is 35.8 Å². The minimum Gasteiger partial charge on any atom is -0.465 e. The largest absolute Gasteiger partial charge is 0.465 e. The molecule has 0 aliphatic carbocycles. The Labute approximate surface area is 153 Å². The lowest BCUT2D eigenvalue weighted by Crippen LogP contribution is -2.14. The fourth-order valence-electron chi connectivity index (χ4n) is 2.30. The Kier molecular flexibility index (Phi) is 5.11. The molecule has 3 rings (SSSR count). The van der Waals surface area contributed by atoms with Crippen molar-refractivity contribution in [2.24, 2.45) is 0 Å². The summed E-state index contributed by atoms with van der Waals surface area (Å²) in [5.41, 5.74) is 1.98. The lowest BCUT2D eigenvalue weighted by Gasteiger charge is -2.08. The number of rotatable bonds is 4. The standard InChI is InChI=1S/C18H13ClN2O3S/c1-24-18(23)15-13(12-6-2-3-7-14(12)19)10-25-17(15)21-16(22)11-5-4-8-20-9-11/h2-10H,1H3,(H,21,22). The van der Waals surface area contributed by atoms with Gasteiger partial charge in [-0.15, -0.1) is 11.3 Å². The van der Waals surface area contributed by atoms with E-state index in [0.29, 0.717) is 26.7 Å². The van der Waals surface area contributed by atoms with Gasteiger partial charge in [-0.05, 0) is 18.2 Å². The molecule has 2 aromatic heterocycles. The topological polar surface area (TPSA) is 68.3 Å². The number of ether oxygens (including phenoxy) is 1. The van der Waals surface area contributed by atoms with E-state index in [9.17, 15) is 9.59 Å². The van der Waals surface area contributed by atoms with Gasteiger partial charge in [0, 0.05) is 33.9 Å². The molecule has 0 spiro atoms. The molecule has 0 fully saturated rings. The molecule has 7 heteroatoms. The molecule has 25 heavy (non-hydrogen) atoms. The number of aromatic nitrogens is 1. The molecule has 0 atom stereocenters. The Morgan fingerprint density at radius 3 is 2.64 bits per heavy atom. The molecule has 1 N–H and O–H groups in total. The number of esters is 1. The van der Waals surface area contributed by atoms with Gasteiger partial charge in [0.15, 0.2) is 0 Å². The van der Waals surface area contributed by atoms with Crippen molar-refractivity contribution in [3.05, 3.63) is 70.3 Å². The molecule has 0 bridgehead atoms. The zero-order valence-electron chi connectivity index (χ0n) is 13.2. The second kappa shape index (κ2) is 7.46. The maximum atomic E-state index is 12.4. The number of thiophene rings is 1. The first-order valence-corrected chi connectivity index (χ1v) is 8.53. The van der Waals surface area contributed by atoms with Crippen molar-refractivity contribution in [3.8, 4) is 11.1 Å². The van der Waals surface area contributed by atoms with Crippen molar-refractivity contribution in [3.63, 3.8) is 0 Å². The van der Waals surface area contributed by atoms with Crippen molar-refractivity contribution < 1.29 is 14.3 Å². The normalized spacial score (nSPS) is 10.3. The van der Waals surface area contributed by atoms with Gasteiger partial charge >= 0.3 is 5.97 Å². The summed E-state index contributed by atoms with van der Waals surface area (Å²) in [6, 6.07) is 10.5. The summed E-state index contributed by atoms with van der Waals surface area (Å²) < 4.78 is 4.89. The fraction of sp³-hybridized carbons (Fsp3) is 0.0556. The quantitative estimate of drug-likeness (QED) is 0.684. The highest BCUT2D eigenvalue weighted by Gasteiger charge is 2.23. The second-order valence-electron chi connectivity index (χ2n) is 5.02.